The molecule has 0 atom stereocenters. The maximum Gasteiger partial charge on any atom is 0.175 e. The Hall–Kier alpha value is -1.33. The maximum absolute atomic E-state index is 13.1. The van der Waals surface area contributed by atoms with Crippen LogP contribution in [0.25, 0.3) is 0 Å². The van der Waals surface area contributed by atoms with Crippen molar-refractivity contribution in [2.24, 2.45) is 0 Å². The van der Waals surface area contributed by atoms with E-state index < -0.39 is 11.6 Å². The van der Waals surface area contributed by atoms with Gasteiger partial charge in [-0.05, 0) is 51.3 Å². The summed E-state index contributed by atoms with van der Waals surface area (Å²) < 4.78 is 37.6. The Bertz CT molecular complexity index is 650. The molecular formula is C15H12BrClF2O2. The Kier molecular flexibility index (Phi) is 5.42. The van der Waals surface area contributed by atoms with E-state index in [1.807, 2.05) is 6.07 Å². The molecular weight excluding hydrogens is 366 g/mol. The molecule has 0 radical (unpaired) electrons. The van der Waals surface area contributed by atoms with Crippen molar-refractivity contribution in [3.63, 3.8) is 0 Å². The Balaban J connectivity index is 2.21. The van der Waals surface area contributed by atoms with Gasteiger partial charge in [-0.2, -0.15) is 0 Å². The summed E-state index contributed by atoms with van der Waals surface area (Å²) in [5.41, 5.74) is 1.39. The van der Waals surface area contributed by atoms with E-state index in [-0.39, 0.29) is 6.61 Å². The first-order valence-electron chi connectivity index (χ1n) is 6.04. The summed E-state index contributed by atoms with van der Waals surface area (Å²) in [6.07, 6.45) is 0. The summed E-state index contributed by atoms with van der Waals surface area (Å²) in [6.45, 7) is 0.0897. The molecule has 0 aliphatic rings. The number of hydrogen-bond donors (Lipinski definition) is 0. The summed E-state index contributed by atoms with van der Waals surface area (Å²) in [5, 5.41) is 0. The smallest absolute Gasteiger partial charge is 0.175 e. The molecule has 2 rings (SSSR count). The molecule has 21 heavy (non-hydrogen) atoms. The molecule has 0 heterocycles. The van der Waals surface area contributed by atoms with Gasteiger partial charge in [-0.25, -0.2) is 8.78 Å². The molecule has 0 bridgehead atoms. The zero-order valence-corrected chi connectivity index (χ0v) is 13.5. The summed E-state index contributed by atoms with van der Waals surface area (Å²) >= 11 is 9.17. The minimum atomic E-state index is -0.903. The second kappa shape index (κ2) is 7.09. The van der Waals surface area contributed by atoms with Gasteiger partial charge in [0.15, 0.2) is 23.1 Å². The molecule has 2 nitrogen and oxygen atoms in total. The molecule has 0 spiro atoms. The van der Waals surface area contributed by atoms with Gasteiger partial charge in [-0.3, -0.25) is 0 Å². The Morgan fingerprint density at radius 2 is 1.86 bits per heavy atom. The van der Waals surface area contributed by atoms with Gasteiger partial charge in [0, 0.05) is 5.88 Å². The lowest BCUT2D eigenvalue weighted by Crippen LogP contribution is -2.00. The third-order valence-corrected chi connectivity index (χ3v) is 3.71. The van der Waals surface area contributed by atoms with E-state index in [4.69, 9.17) is 21.1 Å². The van der Waals surface area contributed by atoms with E-state index in [9.17, 15) is 8.78 Å². The van der Waals surface area contributed by atoms with Gasteiger partial charge < -0.3 is 9.47 Å². The van der Waals surface area contributed by atoms with Crippen LogP contribution in [0.2, 0.25) is 0 Å². The largest absolute Gasteiger partial charge is 0.493 e. The maximum atomic E-state index is 13.1. The normalized spacial score (nSPS) is 10.5. The van der Waals surface area contributed by atoms with Crippen LogP contribution >= 0.6 is 27.5 Å². The molecule has 0 unspecified atom stereocenters. The number of benzene rings is 2. The molecule has 0 fully saturated rings. The highest BCUT2D eigenvalue weighted by molar-refractivity contribution is 9.10. The van der Waals surface area contributed by atoms with E-state index in [1.54, 1.807) is 6.07 Å². The summed E-state index contributed by atoms with van der Waals surface area (Å²) in [7, 11) is 1.52. The van der Waals surface area contributed by atoms with E-state index >= 15 is 0 Å². The number of hydrogen-bond acceptors (Lipinski definition) is 2. The van der Waals surface area contributed by atoms with Crippen LogP contribution < -0.4 is 9.47 Å². The fraction of sp³-hybridized carbons (Fsp3) is 0.200. The minimum Gasteiger partial charge on any atom is -0.493 e. The quantitative estimate of drug-likeness (QED) is 0.679. The third-order valence-electron chi connectivity index (χ3n) is 2.81. The van der Waals surface area contributed by atoms with Crippen molar-refractivity contribution < 1.29 is 18.3 Å². The summed E-state index contributed by atoms with van der Waals surface area (Å²) in [6, 6.07) is 7.21. The van der Waals surface area contributed by atoms with Crippen molar-refractivity contribution in [1.82, 2.24) is 0 Å². The second-order valence-electron chi connectivity index (χ2n) is 4.28. The molecule has 0 aliphatic carbocycles. The Morgan fingerprint density at radius 1 is 1.10 bits per heavy atom. The summed E-state index contributed by atoms with van der Waals surface area (Å²) in [5.74, 6) is -0.444. The number of rotatable bonds is 5. The van der Waals surface area contributed by atoms with E-state index in [0.29, 0.717) is 27.4 Å². The molecule has 0 saturated heterocycles. The zero-order valence-electron chi connectivity index (χ0n) is 11.1. The molecule has 2 aromatic carbocycles. The highest BCUT2D eigenvalue weighted by atomic mass is 79.9. The first-order valence-corrected chi connectivity index (χ1v) is 7.37. The van der Waals surface area contributed by atoms with Crippen molar-refractivity contribution in [3.8, 4) is 11.5 Å². The van der Waals surface area contributed by atoms with Gasteiger partial charge in [0.05, 0.1) is 11.6 Å². The molecule has 0 amide bonds. The van der Waals surface area contributed by atoms with Gasteiger partial charge >= 0.3 is 0 Å². The lowest BCUT2D eigenvalue weighted by molar-refractivity contribution is 0.281. The van der Waals surface area contributed by atoms with Gasteiger partial charge in [0.25, 0.3) is 0 Å². The average Bonchev–Trinajstić information content (AvgIpc) is 2.48. The van der Waals surface area contributed by atoms with Crippen LogP contribution in [0, 0.1) is 11.6 Å². The van der Waals surface area contributed by atoms with Gasteiger partial charge in [-0.15, -0.1) is 11.6 Å². The monoisotopic (exact) mass is 376 g/mol. The van der Waals surface area contributed by atoms with Crippen LogP contribution in [0.4, 0.5) is 8.78 Å². The number of halogens is 4. The van der Waals surface area contributed by atoms with Crippen molar-refractivity contribution in [2.45, 2.75) is 12.5 Å². The SMILES string of the molecule is COc1cc(CCl)cc(Br)c1OCc1ccc(F)c(F)c1. The van der Waals surface area contributed by atoms with Crippen LogP contribution in [0.15, 0.2) is 34.8 Å². The number of ether oxygens (including phenoxy) is 2. The molecule has 2 aromatic rings. The van der Waals surface area contributed by atoms with E-state index in [2.05, 4.69) is 15.9 Å². The first kappa shape index (κ1) is 16.0. The molecule has 0 aromatic heterocycles. The second-order valence-corrected chi connectivity index (χ2v) is 5.40. The van der Waals surface area contributed by atoms with E-state index in [1.165, 1.54) is 13.2 Å². The Morgan fingerprint density at radius 3 is 2.48 bits per heavy atom. The fourth-order valence-electron chi connectivity index (χ4n) is 1.78. The third kappa shape index (κ3) is 3.86. The van der Waals surface area contributed by atoms with Crippen molar-refractivity contribution >= 4 is 27.5 Å². The standard InChI is InChI=1S/C15H12BrClF2O2/c1-20-14-6-10(7-17)4-11(16)15(14)21-8-9-2-3-12(18)13(19)5-9/h2-6H,7-8H2,1H3. The lowest BCUT2D eigenvalue weighted by atomic mass is 10.2. The van der Waals surface area contributed by atoms with Crippen molar-refractivity contribution in [3.05, 3.63) is 57.6 Å². The van der Waals surface area contributed by atoms with Gasteiger partial charge in [-0.1, -0.05) is 6.07 Å². The minimum absolute atomic E-state index is 0.0897. The molecule has 0 saturated carbocycles. The van der Waals surface area contributed by atoms with Crippen LogP contribution in [-0.4, -0.2) is 7.11 Å². The predicted octanol–water partition coefficient (Wildman–Crippen LogP) is 5.05. The topological polar surface area (TPSA) is 18.5 Å². The lowest BCUT2D eigenvalue weighted by Gasteiger charge is -2.14. The molecule has 112 valence electrons. The highest BCUT2D eigenvalue weighted by Crippen LogP contribution is 2.37. The van der Waals surface area contributed by atoms with Crippen LogP contribution in [-0.2, 0) is 12.5 Å². The fourth-order valence-corrected chi connectivity index (χ4v) is 2.53. The Labute approximate surface area is 134 Å². The molecule has 6 heteroatoms. The molecule has 0 aliphatic heterocycles. The summed E-state index contributed by atoms with van der Waals surface area (Å²) in [4.78, 5) is 0. The first-order chi connectivity index (χ1) is 10.0. The van der Waals surface area contributed by atoms with Crippen LogP contribution in [0.1, 0.15) is 11.1 Å². The number of methoxy groups -OCH3 is 1. The van der Waals surface area contributed by atoms with Gasteiger partial charge in [0.2, 0.25) is 0 Å². The number of alkyl halides is 1. The predicted molar refractivity (Wildman–Crippen MR) is 80.9 cm³/mol. The van der Waals surface area contributed by atoms with Crippen molar-refractivity contribution in [2.75, 3.05) is 7.11 Å². The van der Waals surface area contributed by atoms with Crippen LogP contribution in [0.3, 0.4) is 0 Å². The van der Waals surface area contributed by atoms with Gasteiger partial charge in [0.1, 0.15) is 6.61 Å². The van der Waals surface area contributed by atoms with E-state index in [0.717, 1.165) is 17.7 Å². The van der Waals surface area contributed by atoms with Crippen molar-refractivity contribution in [1.29, 1.82) is 0 Å². The highest BCUT2D eigenvalue weighted by Gasteiger charge is 2.12. The molecule has 0 N–H and O–H groups in total. The zero-order chi connectivity index (χ0) is 15.4. The van der Waals surface area contributed by atoms with Crippen LogP contribution in [0.5, 0.6) is 11.5 Å². The average molecular weight is 378 g/mol.